The summed E-state index contributed by atoms with van der Waals surface area (Å²) in [7, 11) is 1.43. The van der Waals surface area contributed by atoms with Crippen LogP contribution in [0.4, 0.5) is 0 Å². The predicted molar refractivity (Wildman–Crippen MR) is 191 cm³/mol. The molecule has 4 fully saturated rings. The van der Waals surface area contributed by atoms with Crippen LogP contribution in [-0.2, 0) is 42.7 Å². The van der Waals surface area contributed by atoms with Crippen LogP contribution >= 0.6 is 0 Å². The van der Waals surface area contributed by atoms with Crippen LogP contribution < -0.4 is 49.5 Å². The van der Waals surface area contributed by atoms with Crippen LogP contribution in [0.2, 0.25) is 0 Å². The fraction of sp³-hybridized carbons (Fsp3) is 0.778. The van der Waals surface area contributed by atoms with Crippen LogP contribution in [0.5, 0.6) is 11.5 Å². The molecule has 354 valence electrons. The average Bonchev–Trinajstić information content (AvgIpc) is 3.25. The van der Waals surface area contributed by atoms with Crippen molar-refractivity contribution in [2.45, 2.75) is 142 Å². The van der Waals surface area contributed by atoms with Gasteiger partial charge in [0.1, 0.15) is 109 Å². The zero-order valence-electron chi connectivity index (χ0n) is 34.1. The predicted octanol–water partition coefficient (Wildman–Crippen LogP) is -12.6. The van der Waals surface area contributed by atoms with E-state index in [9.17, 15) is 81.1 Å². The van der Waals surface area contributed by atoms with Gasteiger partial charge in [-0.1, -0.05) is 0 Å². The van der Waals surface area contributed by atoms with E-state index in [0.717, 1.165) is 6.92 Å². The summed E-state index contributed by atoms with van der Waals surface area (Å²) in [4.78, 5) is 24.9. The van der Waals surface area contributed by atoms with Gasteiger partial charge in [-0.25, -0.2) is 0 Å². The van der Waals surface area contributed by atoms with E-state index in [-0.39, 0.29) is 35.3 Å². The number of aliphatic carboxylic acids is 1. The molecule has 5 rings (SSSR count). The Morgan fingerprint density at radius 3 is 1.94 bits per heavy atom. The minimum Gasteiger partial charge on any atom is -0.544 e. The first kappa shape index (κ1) is 53.6. The number of hydrogen-bond donors (Lipinski definition) is 14. The molecule has 0 bridgehead atoms. The van der Waals surface area contributed by atoms with Gasteiger partial charge in [-0.15, -0.1) is 0 Å². The number of aliphatic hydroxyl groups excluding tert-OH is 13. The molecule has 1 aromatic carbocycles. The van der Waals surface area contributed by atoms with E-state index >= 15 is 0 Å². The molecule has 27 heteroatoms. The average molecular weight is 924 g/mol. The molecule has 0 aromatic heterocycles. The van der Waals surface area contributed by atoms with Crippen molar-refractivity contribution in [1.82, 2.24) is 5.32 Å². The number of ether oxygens (including phenoxy) is 9. The topological polar surface area (TPSA) is 415 Å². The quantitative estimate of drug-likeness (QED) is 0.0645. The largest absolute Gasteiger partial charge is 1.00 e. The molecule has 1 aromatic rings. The Morgan fingerprint density at radius 1 is 0.778 bits per heavy atom. The molecule has 0 spiro atoms. The van der Waals surface area contributed by atoms with Crippen molar-refractivity contribution in [3.05, 3.63) is 24.3 Å². The first-order chi connectivity index (χ1) is 29.3. The molecular weight excluding hydrogens is 869 g/mol. The number of rotatable bonds is 17. The van der Waals surface area contributed by atoms with Crippen molar-refractivity contribution in [3.8, 4) is 11.5 Å². The Labute approximate surface area is 380 Å². The molecule has 0 aliphatic carbocycles. The van der Waals surface area contributed by atoms with Gasteiger partial charge in [0.05, 0.1) is 45.7 Å². The smallest absolute Gasteiger partial charge is 0.544 e. The molecule has 0 saturated carbocycles. The fourth-order valence-corrected chi connectivity index (χ4v) is 7.41. The van der Waals surface area contributed by atoms with E-state index in [1.165, 1.54) is 31.4 Å². The Morgan fingerprint density at radius 2 is 1.37 bits per heavy atom. The molecule has 0 unspecified atom stereocenters. The second kappa shape index (κ2) is 23.1. The minimum absolute atomic E-state index is 0. The molecule has 4 aliphatic heterocycles. The van der Waals surface area contributed by atoms with Crippen LogP contribution in [0.15, 0.2) is 24.3 Å². The molecule has 14 N–H and O–H groups in total. The maximum atomic E-state index is 12.9. The van der Waals surface area contributed by atoms with Gasteiger partial charge in [0.25, 0.3) is 0 Å². The fourth-order valence-electron chi connectivity index (χ4n) is 7.41. The van der Waals surface area contributed by atoms with Gasteiger partial charge in [0, 0.05) is 13.3 Å². The van der Waals surface area contributed by atoms with Gasteiger partial charge in [0.15, 0.2) is 12.6 Å². The molecule has 26 nitrogen and oxygen atoms in total. The summed E-state index contributed by atoms with van der Waals surface area (Å²) in [5.41, 5.74) is 0. The van der Waals surface area contributed by atoms with Gasteiger partial charge in [0.2, 0.25) is 18.0 Å². The first-order valence-corrected chi connectivity index (χ1v) is 19.3. The van der Waals surface area contributed by atoms with E-state index in [4.69, 9.17) is 42.6 Å². The zero-order chi connectivity index (χ0) is 45.8. The summed E-state index contributed by atoms with van der Waals surface area (Å²) in [5.74, 6) is -5.79. The van der Waals surface area contributed by atoms with Gasteiger partial charge in [-0.2, -0.15) is 0 Å². The van der Waals surface area contributed by atoms with Crippen LogP contribution in [0, 0.1) is 0 Å². The summed E-state index contributed by atoms with van der Waals surface area (Å²) in [5, 5.41) is 153. The number of carbonyl (C=O) groups is 2. The maximum Gasteiger partial charge on any atom is 1.00 e. The third kappa shape index (κ3) is 11.9. The molecule has 4 aliphatic rings. The standard InChI is InChI=1S/C36H55NO25.Na/c1-12(41)37-20-15(42)7-36(35(52)53,61-30(20)21(44)16(43)8-38)62-31-23(46)19(11-55-32-26(49)24(47)22(45)17(9-39)57-32)59-34(28(31)51)60-29-18(10-40)58-33(27(50)25(29)48)56-14-5-3-13(54-2)4-6-14;/h3-6,15-34,38-40,42-51H,7-11H2,1-2H3,(H,37,41)(H,52,53);/q;+1/p-1/t15-,16+,17+,18+,19+,20+,21+,22-,23-,24-,25+,26+,27+,28+,29+,30+,31-,32+,33+,34-,36-;/m0./s1. The number of methoxy groups -OCH3 is 1. The third-order valence-corrected chi connectivity index (χ3v) is 10.8. The van der Waals surface area contributed by atoms with E-state index in [2.05, 4.69) is 5.32 Å². The van der Waals surface area contributed by atoms with E-state index < -0.39 is 173 Å². The van der Waals surface area contributed by atoms with Crippen molar-refractivity contribution >= 4 is 11.9 Å². The van der Waals surface area contributed by atoms with Crippen molar-refractivity contribution < 1.29 is 153 Å². The number of carboxylic acid groups (broad SMARTS) is 1. The Kier molecular flexibility index (Phi) is 19.7. The second-order valence-corrected chi connectivity index (χ2v) is 15.1. The Balaban J connectivity index is 0.00000871. The van der Waals surface area contributed by atoms with Gasteiger partial charge < -0.3 is 124 Å². The Hall–Kier alpha value is -2.04. The Bertz CT molecular complexity index is 1600. The molecule has 0 radical (unpaired) electrons. The zero-order valence-corrected chi connectivity index (χ0v) is 36.1. The summed E-state index contributed by atoms with van der Waals surface area (Å²) >= 11 is 0. The number of carboxylic acids is 1. The van der Waals surface area contributed by atoms with Crippen molar-refractivity contribution in [2.75, 3.05) is 33.5 Å². The summed E-state index contributed by atoms with van der Waals surface area (Å²) in [6.45, 7) is -2.83. The molecule has 21 atom stereocenters. The molecule has 63 heavy (non-hydrogen) atoms. The molecular formula is C36H54NNaO25. The molecule has 4 saturated heterocycles. The van der Waals surface area contributed by atoms with Gasteiger partial charge in [-0.05, 0) is 24.3 Å². The van der Waals surface area contributed by atoms with Gasteiger partial charge in [-0.3, -0.25) is 4.79 Å². The summed E-state index contributed by atoms with van der Waals surface area (Å²) < 4.78 is 50.2. The number of hydrogen-bond acceptors (Lipinski definition) is 25. The van der Waals surface area contributed by atoms with Crippen LogP contribution in [0.3, 0.4) is 0 Å². The van der Waals surface area contributed by atoms with Crippen LogP contribution in [0.1, 0.15) is 13.3 Å². The normalized spacial score (nSPS) is 41.7. The maximum absolute atomic E-state index is 12.9. The monoisotopic (exact) mass is 923 g/mol. The summed E-state index contributed by atoms with van der Waals surface area (Å²) in [6, 6.07) is 4.29. The number of carbonyl (C=O) groups excluding carboxylic acids is 2. The van der Waals surface area contributed by atoms with E-state index in [1.54, 1.807) is 0 Å². The van der Waals surface area contributed by atoms with Crippen molar-refractivity contribution in [2.24, 2.45) is 0 Å². The molecule has 1 amide bonds. The third-order valence-electron chi connectivity index (χ3n) is 10.8. The van der Waals surface area contributed by atoms with Crippen LogP contribution in [-0.4, -0.2) is 240 Å². The van der Waals surface area contributed by atoms with E-state index in [1.807, 2.05) is 0 Å². The molecule has 4 heterocycles. The first-order valence-electron chi connectivity index (χ1n) is 19.3. The minimum atomic E-state index is -3.28. The van der Waals surface area contributed by atoms with Gasteiger partial charge >= 0.3 is 29.6 Å². The number of nitrogens with one attached hydrogen (secondary N) is 1. The number of amides is 1. The van der Waals surface area contributed by atoms with Crippen LogP contribution in [0.25, 0.3) is 0 Å². The number of aliphatic hydroxyl groups is 13. The second-order valence-electron chi connectivity index (χ2n) is 15.1. The van der Waals surface area contributed by atoms with Crippen molar-refractivity contribution in [1.29, 1.82) is 0 Å². The van der Waals surface area contributed by atoms with Crippen molar-refractivity contribution in [3.63, 3.8) is 0 Å². The number of benzene rings is 1. The SMILES string of the molecule is COc1ccc(O[C@@H]2O[C@H](CO)[C@@H](O[C@@H]3O[C@H](CO[C@@H]4O[C@H](CO)[C@H](O)[C@H](O)[C@H]4O)[C@H](O)[C@H](O[C@]4(C(=O)[O-])C[C@H](O)[C@@H](NC(C)=O)[C@H]([C@H](O)[C@H](O)CO)O4)[C@H]3O)[C@H](O)[C@H]2O)cc1.[Na+]. The van der Waals surface area contributed by atoms with E-state index in [0.29, 0.717) is 5.75 Å². The summed E-state index contributed by atoms with van der Waals surface area (Å²) in [6.07, 6.45) is -38.5.